The van der Waals surface area contributed by atoms with Crippen molar-refractivity contribution < 1.29 is 28.6 Å². The molecule has 8 nitrogen and oxygen atoms in total. The van der Waals surface area contributed by atoms with Crippen LogP contribution in [0.4, 0.5) is 5.69 Å². The molecule has 0 fully saturated rings. The highest BCUT2D eigenvalue weighted by Gasteiger charge is 2.18. The molecule has 0 spiro atoms. The van der Waals surface area contributed by atoms with E-state index in [0.29, 0.717) is 22.7 Å². The topological polar surface area (TPSA) is 110 Å². The number of carbonyl (C=O) groups is 2. The molecule has 0 radical (unpaired) electrons. The fraction of sp³-hybridized carbons (Fsp3) is 0.143. The normalized spacial score (nSPS) is 13.0. The van der Waals surface area contributed by atoms with Crippen molar-refractivity contribution in [2.75, 3.05) is 18.7 Å². The zero-order valence-corrected chi connectivity index (χ0v) is 15.3. The molecule has 2 heterocycles. The predicted molar refractivity (Wildman–Crippen MR) is 103 cm³/mol. The molecule has 2 amide bonds. The van der Waals surface area contributed by atoms with Gasteiger partial charge in [0.05, 0.1) is 12.4 Å². The van der Waals surface area contributed by atoms with E-state index in [1.807, 2.05) is 18.2 Å². The van der Waals surface area contributed by atoms with E-state index in [0.717, 1.165) is 11.3 Å². The van der Waals surface area contributed by atoms with Gasteiger partial charge in [-0.25, -0.2) is 0 Å². The summed E-state index contributed by atoms with van der Waals surface area (Å²) in [6.07, 6.45) is 0.630. The van der Waals surface area contributed by atoms with E-state index in [2.05, 4.69) is 10.6 Å². The minimum atomic E-state index is -0.956. The Kier molecular flexibility index (Phi) is 5.17. The predicted octanol–water partition coefficient (Wildman–Crippen LogP) is 2.46. The Bertz CT molecular complexity index is 1010. The highest BCUT2D eigenvalue weighted by Crippen LogP contribution is 2.34. The number of rotatable bonds is 5. The van der Waals surface area contributed by atoms with Crippen molar-refractivity contribution >= 4 is 17.5 Å². The molecule has 3 aromatic rings. The molecule has 1 unspecified atom stereocenters. The van der Waals surface area contributed by atoms with Crippen molar-refractivity contribution in [2.45, 2.75) is 6.10 Å². The summed E-state index contributed by atoms with van der Waals surface area (Å²) in [5.41, 5.74) is 1.89. The highest BCUT2D eigenvalue weighted by atomic mass is 16.7. The molecule has 1 aromatic heterocycles. The third kappa shape index (κ3) is 4.22. The monoisotopic (exact) mass is 394 g/mol. The fourth-order valence-corrected chi connectivity index (χ4v) is 2.86. The van der Waals surface area contributed by atoms with Crippen LogP contribution in [0.25, 0.3) is 11.3 Å². The minimum Gasteiger partial charge on any atom is -0.464 e. The molecule has 1 aliphatic heterocycles. The van der Waals surface area contributed by atoms with Gasteiger partial charge in [-0.2, -0.15) is 0 Å². The number of hydrogen-bond acceptors (Lipinski definition) is 6. The first kappa shape index (κ1) is 18.6. The van der Waals surface area contributed by atoms with Crippen molar-refractivity contribution in [3.8, 4) is 22.8 Å². The third-order valence-electron chi connectivity index (χ3n) is 4.39. The molecule has 1 atom stereocenters. The van der Waals surface area contributed by atoms with Gasteiger partial charge in [0.25, 0.3) is 0 Å². The number of anilines is 1. The van der Waals surface area contributed by atoms with Crippen molar-refractivity contribution in [2.24, 2.45) is 0 Å². The largest absolute Gasteiger partial charge is 0.464 e. The minimum absolute atomic E-state index is 0.104. The van der Waals surface area contributed by atoms with Crippen LogP contribution in [0.3, 0.4) is 0 Å². The summed E-state index contributed by atoms with van der Waals surface area (Å²) >= 11 is 0. The molecular formula is C21H18N2O6. The second-order valence-corrected chi connectivity index (χ2v) is 6.35. The lowest BCUT2D eigenvalue weighted by molar-refractivity contribution is -0.136. The average Bonchev–Trinajstić information content (AvgIpc) is 3.43. The van der Waals surface area contributed by atoms with Crippen LogP contribution in [0.5, 0.6) is 11.5 Å². The molecule has 0 aliphatic carbocycles. The fourth-order valence-electron chi connectivity index (χ4n) is 2.86. The molecule has 0 saturated carbocycles. The summed E-state index contributed by atoms with van der Waals surface area (Å²) in [4.78, 5) is 24.1. The van der Waals surface area contributed by atoms with Gasteiger partial charge < -0.3 is 29.6 Å². The Balaban J connectivity index is 1.30. The van der Waals surface area contributed by atoms with Gasteiger partial charge in [-0.05, 0) is 29.8 Å². The number of aliphatic hydroxyl groups is 1. The number of nitrogens with one attached hydrogen (secondary N) is 2. The summed E-state index contributed by atoms with van der Waals surface area (Å²) in [5, 5.41) is 15.2. The summed E-state index contributed by atoms with van der Waals surface area (Å²) < 4.78 is 15.7. The van der Waals surface area contributed by atoms with Crippen LogP contribution in [0.2, 0.25) is 0 Å². The SMILES string of the molecule is O=C(NCC(O)c1ccc(-c2ccco2)cc1)C(=O)Nc1ccc2c(c1)OCO2. The lowest BCUT2D eigenvalue weighted by Crippen LogP contribution is -2.37. The van der Waals surface area contributed by atoms with Crippen LogP contribution in [0.1, 0.15) is 11.7 Å². The highest BCUT2D eigenvalue weighted by molar-refractivity contribution is 6.39. The van der Waals surface area contributed by atoms with Crippen LogP contribution in [-0.2, 0) is 9.59 Å². The molecule has 1 aliphatic rings. The van der Waals surface area contributed by atoms with Crippen molar-refractivity contribution in [3.05, 3.63) is 66.4 Å². The van der Waals surface area contributed by atoms with Crippen molar-refractivity contribution in [3.63, 3.8) is 0 Å². The zero-order chi connectivity index (χ0) is 20.2. The van der Waals surface area contributed by atoms with Gasteiger partial charge in [-0.3, -0.25) is 9.59 Å². The standard InChI is InChI=1S/C21H18N2O6/c24-16(13-3-5-14(6-4-13)17-2-1-9-27-17)11-22-20(25)21(26)23-15-7-8-18-19(10-15)29-12-28-18/h1-10,16,24H,11-12H2,(H,22,25)(H,23,26). The van der Waals surface area contributed by atoms with E-state index >= 15 is 0 Å². The summed E-state index contributed by atoms with van der Waals surface area (Å²) in [6.45, 7) is 0.0150. The second-order valence-electron chi connectivity index (χ2n) is 6.35. The van der Waals surface area contributed by atoms with Gasteiger partial charge in [0.1, 0.15) is 5.76 Å². The van der Waals surface area contributed by atoms with Crippen molar-refractivity contribution in [1.29, 1.82) is 0 Å². The molecule has 148 valence electrons. The molecule has 3 N–H and O–H groups in total. The van der Waals surface area contributed by atoms with Crippen LogP contribution < -0.4 is 20.1 Å². The quantitative estimate of drug-likeness (QED) is 0.574. The lowest BCUT2D eigenvalue weighted by atomic mass is 10.1. The molecule has 29 heavy (non-hydrogen) atoms. The first-order valence-corrected chi connectivity index (χ1v) is 8.91. The number of hydrogen-bond donors (Lipinski definition) is 3. The van der Waals surface area contributed by atoms with E-state index in [-0.39, 0.29) is 13.3 Å². The van der Waals surface area contributed by atoms with Crippen molar-refractivity contribution in [1.82, 2.24) is 5.32 Å². The first-order valence-electron chi connectivity index (χ1n) is 8.91. The van der Waals surface area contributed by atoms with Gasteiger partial charge >= 0.3 is 11.8 Å². The smallest absolute Gasteiger partial charge is 0.313 e. The van der Waals surface area contributed by atoms with E-state index in [1.54, 1.807) is 42.7 Å². The lowest BCUT2D eigenvalue weighted by Gasteiger charge is -2.13. The molecule has 0 saturated heterocycles. The Morgan fingerprint density at radius 2 is 1.79 bits per heavy atom. The molecule has 4 rings (SSSR count). The molecule has 8 heteroatoms. The van der Waals surface area contributed by atoms with Crippen LogP contribution in [0, 0.1) is 0 Å². The number of furan rings is 1. The maximum Gasteiger partial charge on any atom is 0.313 e. The number of carbonyl (C=O) groups excluding carboxylic acids is 2. The van der Waals surface area contributed by atoms with Gasteiger partial charge in [0.2, 0.25) is 6.79 Å². The Morgan fingerprint density at radius 3 is 2.55 bits per heavy atom. The van der Waals surface area contributed by atoms with Gasteiger partial charge in [0, 0.05) is 23.9 Å². The molecule has 0 bridgehead atoms. The van der Waals surface area contributed by atoms with Gasteiger partial charge in [0.15, 0.2) is 11.5 Å². The number of aliphatic hydroxyl groups excluding tert-OH is 1. The Labute approximate surface area is 166 Å². The van der Waals surface area contributed by atoms with Crippen LogP contribution in [-0.4, -0.2) is 30.3 Å². The summed E-state index contributed by atoms with van der Waals surface area (Å²) in [6, 6.07) is 15.6. The Hall–Kier alpha value is -3.78. The second kappa shape index (κ2) is 8.07. The molecule has 2 aromatic carbocycles. The average molecular weight is 394 g/mol. The maximum absolute atomic E-state index is 12.1. The van der Waals surface area contributed by atoms with E-state index < -0.39 is 17.9 Å². The van der Waals surface area contributed by atoms with E-state index in [1.165, 1.54) is 0 Å². The number of amides is 2. The summed E-state index contributed by atoms with van der Waals surface area (Å²) in [7, 11) is 0. The Morgan fingerprint density at radius 1 is 1.00 bits per heavy atom. The van der Waals surface area contributed by atoms with Gasteiger partial charge in [-0.15, -0.1) is 0 Å². The molecular weight excluding hydrogens is 376 g/mol. The van der Waals surface area contributed by atoms with Crippen LogP contribution >= 0.6 is 0 Å². The van der Waals surface area contributed by atoms with E-state index in [9.17, 15) is 14.7 Å². The third-order valence-corrected chi connectivity index (χ3v) is 4.39. The summed E-state index contributed by atoms with van der Waals surface area (Å²) in [5.74, 6) is 0.1000. The number of benzene rings is 2. The van der Waals surface area contributed by atoms with Crippen LogP contribution in [0.15, 0.2) is 65.3 Å². The number of fused-ring (bicyclic) bond motifs is 1. The number of ether oxygens (including phenoxy) is 2. The van der Waals surface area contributed by atoms with E-state index in [4.69, 9.17) is 13.9 Å². The zero-order valence-electron chi connectivity index (χ0n) is 15.3. The van der Waals surface area contributed by atoms with Gasteiger partial charge in [-0.1, -0.05) is 24.3 Å². The maximum atomic E-state index is 12.1. The first-order chi connectivity index (χ1) is 14.1.